The van der Waals surface area contributed by atoms with Crippen molar-refractivity contribution in [1.29, 1.82) is 0 Å². The largest absolute Gasteiger partial charge is 0.320 e. The monoisotopic (exact) mass is 281 g/mol. The second kappa shape index (κ2) is 6.59. The average molecular weight is 281 g/mol. The number of carbonyl (C=O) groups excluding carboxylic acids is 1. The van der Waals surface area contributed by atoms with Gasteiger partial charge in [0.1, 0.15) is 5.82 Å². The Labute approximate surface area is 122 Å². The zero-order valence-electron chi connectivity index (χ0n) is 11.8. The molecule has 2 aromatic heterocycles. The van der Waals surface area contributed by atoms with E-state index >= 15 is 0 Å². The number of aromatic nitrogens is 3. The van der Waals surface area contributed by atoms with Crippen LogP contribution in [0.3, 0.4) is 0 Å². The van der Waals surface area contributed by atoms with Crippen LogP contribution in [0.1, 0.15) is 27.3 Å². The van der Waals surface area contributed by atoms with E-state index in [0.29, 0.717) is 22.8 Å². The molecule has 0 radical (unpaired) electrons. The smallest absolute Gasteiger partial charge is 0.258 e. The third kappa shape index (κ3) is 3.84. The average Bonchev–Trinajstić information content (AvgIpc) is 2.48. The first-order chi connectivity index (χ1) is 10.1. The Hall–Kier alpha value is -2.78. The van der Waals surface area contributed by atoms with Gasteiger partial charge >= 0.3 is 0 Å². The van der Waals surface area contributed by atoms with Gasteiger partial charge in [0.25, 0.3) is 5.91 Å². The molecule has 0 saturated heterocycles. The highest BCUT2D eigenvalue weighted by Crippen LogP contribution is 2.10. The van der Waals surface area contributed by atoms with E-state index in [9.17, 15) is 4.79 Å². The fraction of sp³-hybridized carbons (Fsp3) is 0.200. The predicted octanol–water partition coefficient (Wildman–Crippen LogP) is 1.05. The molecule has 0 aliphatic carbocycles. The molecule has 0 aromatic carbocycles. The van der Waals surface area contributed by atoms with Gasteiger partial charge in [-0.25, -0.2) is 4.98 Å². The number of aryl methyl sites for hydroxylation is 2. The topological polar surface area (TPSA) is 93.8 Å². The van der Waals surface area contributed by atoms with Crippen LogP contribution in [0.5, 0.6) is 0 Å². The van der Waals surface area contributed by atoms with Crippen LogP contribution in [0, 0.1) is 25.7 Å². The zero-order chi connectivity index (χ0) is 15.2. The highest BCUT2D eigenvalue weighted by atomic mass is 16.1. The van der Waals surface area contributed by atoms with E-state index in [4.69, 9.17) is 5.73 Å². The van der Waals surface area contributed by atoms with E-state index < -0.39 is 0 Å². The highest BCUT2D eigenvalue weighted by Gasteiger charge is 2.12. The van der Waals surface area contributed by atoms with Crippen molar-refractivity contribution in [3.63, 3.8) is 0 Å². The van der Waals surface area contributed by atoms with Gasteiger partial charge in [-0.05, 0) is 32.0 Å². The van der Waals surface area contributed by atoms with Crippen molar-refractivity contribution in [2.24, 2.45) is 5.73 Å². The number of hydrogen-bond donors (Lipinski definition) is 2. The third-order valence-electron chi connectivity index (χ3n) is 2.68. The van der Waals surface area contributed by atoms with Crippen molar-refractivity contribution < 1.29 is 4.79 Å². The minimum absolute atomic E-state index is 0.276. The molecule has 1 amide bonds. The summed E-state index contributed by atoms with van der Waals surface area (Å²) in [6, 6.07) is 5.13. The molecule has 0 spiro atoms. The molecule has 0 bridgehead atoms. The standard InChI is InChI=1S/C15H15N5O/c1-10-8-13(11(2)20-19-10)15(21)18-14-9-12(4-3-6-16)5-7-17-14/h5,7-9H,6,16H2,1-2H3,(H,17,18,21). The number of anilines is 1. The molecule has 6 nitrogen and oxygen atoms in total. The van der Waals surface area contributed by atoms with Crippen LogP contribution >= 0.6 is 0 Å². The Kier molecular flexibility index (Phi) is 4.59. The van der Waals surface area contributed by atoms with E-state index in [-0.39, 0.29) is 12.5 Å². The van der Waals surface area contributed by atoms with E-state index in [1.807, 2.05) is 0 Å². The molecule has 3 N–H and O–H groups in total. The summed E-state index contributed by atoms with van der Waals surface area (Å²) >= 11 is 0. The summed E-state index contributed by atoms with van der Waals surface area (Å²) in [7, 11) is 0. The number of nitrogens with zero attached hydrogens (tertiary/aromatic N) is 3. The number of amides is 1. The van der Waals surface area contributed by atoms with E-state index in [1.165, 1.54) is 0 Å². The summed E-state index contributed by atoms with van der Waals surface area (Å²) in [5.74, 6) is 5.79. The Balaban J connectivity index is 2.21. The molecule has 21 heavy (non-hydrogen) atoms. The van der Waals surface area contributed by atoms with Crippen LogP contribution < -0.4 is 11.1 Å². The lowest BCUT2D eigenvalue weighted by Crippen LogP contribution is -2.16. The van der Waals surface area contributed by atoms with Gasteiger partial charge in [0, 0.05) is 11.8 Å². The van der Waals surface area contributed by atoms with Gasteiger partial charge < -0.3 is 11.1 Å². The lowest BCUT2D eigenvalue weighted by atomic mass is 10.2. The number of hydrogen-bond acceptors (Lipinski definition) is 5. The molecular formula is C15H15N5O. The van der Waals surface area contributed by atoms with E-state index in [0.717, 1.165) is 5.56 Å². The molecule has 0 atom stereocenters. The van der Waals surface area contributed by atoms with E-state index in [1.54, 1.807) is 38.2 Å². The molecule has 0 fully saturated rings. The second-order valence-corrected chi connectivity index (χ2v) is 4.37. The first-order valence-electron chi connectivity index (χ1n) is 6.37. The third-order valence-corrected chi connectivity index (χ3v) is 2.68. The van der Waals surface area contributed by atoms with Gasteiger partial charge in [-0.2, -0.15) is 10.2 Å². The van der Waals surface area contributed by atoms with Crippen molar-refractivity contribution in [1.82, 2.24) is 15.2 Å². The summed E-state index contributed by atoms with van der Waals surface area (Å²) < 4.78 is 0. The van der Waals surface area contributed by atoms with Crippen LogP contribution in [-0.2, 0) is 0 Å². The Morgan fingerprint density at radius 3 is 2.90 bits per heavy atom. The zero-order valence-corrected chi connectivity index (χ0v) is 11.8. The van der Waals surface area contributed by atoms with Crippen molar-refractivity contribution >= 4 is 11.7 Å². The molecule has 0 aliphatic rings. The SMILES string of the molecule is Cc1cc(C(=O)Nc2cc(C#CCN)ccn2)c(C)nn1. The molecule has 0 saturated carbocycles. The Morgan fingerprint density at radius 2 is 2.14 bits per heavy atom. The van der Waals surface area contributed by atoms with Crippen LogP contribution in [0.2, 0.25) is 0 Å². The normalized spacial score (nSPS) is 9.67. The molecule has 2 aromatic rings. The number of carbonyl (C=O) groups is 1. The number of nitrogens with one attached hydrogen (secondary N) is 1. The van der Waals surface area contributed by atoms with Gasteiger partial charge in [-0.1, -0.05) is 11.8 Å². The molecule has 0 aliphatic heterocycles. The highest BCUT2D eigenvalue weighted by molar-refractivity contribution is 6.04. The second-order valence-electron chi connectivity index (χ2n) is 4.37. The minimum atomic E-state index is -0.276. The van der Waals surface area contributed by atoms with Crippen molar-refractivity contribution in [2.45, 2.75) is 13.8 Å². The lowest BCUT2D eigenvalue weighted by Gasteiger charge is -2.07. The van der Waals surface area contributed by atoms with Crippen LogP contribution in [0.15, 0.2) is 24.4 Å². The number of rotatable bonds is 2. The van der Waals surface area contributed by atoms with Gasteiger partial charge in [0.15, 0.2) is 0 Å². The number of pyridine rings is 1. The molecule has 106 valence electrons. The summed E-state index contributed by atoms with van der Waals surface area (Å²) in [6.07, 6.45) is 1.58. The maximum absolute atomic E-state index is 12.2. The van der Waals surface area contributed by atoms with Gasteiger partial charge in [-0.3, -0.25) is 4.79 Å². The maximum Gasteiger partial charge on any atom is 0.258 e. The summed E-state index contributed by atoms with van der Waals surface area (Å²) in [5, 5.41) is 10.6. The molecule has 2 rings (SSSR count). The molecular weight excluding hydrogens is 266 g/mol. The van der Waals surface area contributed by atoms with Gasteiger partial charge in [-0.15, -0.1) is 0 Å². The Morgan fingerprint density at radius 1 is 1.33 bits per heavy atom. The summed E-state index contributed by atoms with van der Waals surface area (Å²) in [4.78, 5) is 16.3. The van der Waals surface area contributed by atoms with Gasteiger partial charge in [0.05, 0.1) is 23.5 Å². The first-order valence-corrected chi connectivity index (χ1v) is 6.37. The predicted molar refractivity (Wildman–Crippen MR) is 79.6 cm³/mol. The van der Waals surface area contributed by atoms with Crippen molar-refractivity contribution in [3.8, 4) is 11.8 Å². The first kappa shape index (κ1) is 14.6. The molecule has 0 unspecified atom stereocenters. The molecule has 2 heterocycles. The fourth-order valence-electron chi connectivity index (χ4n) is 1.69. The minimum Gasteiger partial charge on any atom is -0.320 e. The van der Waals surface area contributed by atoms with Crippen LogP contribution in [0.25, 0.3) is 0 Å². The summed E-state index contributed by atoms with van der Waals surface area (Å²) in [5.41, 5.74) is 7.80. The lowest BCUT2D eigenvalue weighted by molar-refractivity contribution is 0.102. The quantitative estimate of drug-likeness (QED) is 0.802. The number of nitrogens with two attached hydrogens (primary N) is 1. The van der Waals surface area contributed by atoms with E-state index in [2.05, 4.69) is 32.3 Å². The van der Waals surface area contributed by atoms with Crippen LogP contribution in [-0.4, -0.2) is 27.6 Å². The Bertz CT molecular complexity index is 730. The maximum atomic E-state index is 12.2. The molecule has 6 heteroatoms. The summed E-state index contributed by atoms with van der Waals surface area (Å²) in [6.45, 7) is 3.80. The van der Waals surface area contributed by atoms with Crippen LogP contribution in [0.4, 0.5) is 5.82 Å². The van der Waals surface area contributed by atoms with Crippen molar-refractivity contribution in [3.05, 3.63) is 46.9 Å². The fourth-order valence-corrected chi connectivity index (χ4v) is 1.69. The van der Waals surface area contributed by atoms with Gasteiger partial charge in [0.2, 0.25) is 0 Å². The van der Waals surface area contributed by atoms with Crippen molar-refractivity contribution in [2.75, 3.05) is 11.9 Å².